The molecule has 0 bridgehead atoms. The Kier molecular flexibility index (Phi) is 6.61. The van der Waals surface area contributed by atoms with Crippen LogP contribution in [0, 0.1) is 10.2 Å². The van der Waals surface area contributed by atoms with Crippen LogP contribution in [0.1, 0.15) is 10.4 Å². The second kappa shape index (κ2) is 8.47. The van der Waals surface area contributed by atoms with Crippen LogP contribution in [0.3, 0.4) is 0 Å². The maximum absolute atomic E-state index is 8.49. The van der Waals surface area contributed by atoms with E-state index in [1.54, 1.807) is 0 Å². The fourth-order valence-electron chi connectivity index (χ4n) is 1.90. The number of hydrogen-bond donors (Lipinski definition) is 0. The van der Waals surface area contributed by atoms with Crippen molar-refractivity contribution in [3.8, 4) is 10.4 Å². The van der Waals surface area contributed by atoms with Crippen LogP contribution in [0.15, 0.2) is 66.7 Å². The van der Waals surface area contributed by atoms with Crippen molar-refractivity contribution in [2.24, 2.45) is 0 Å². The first kappa shape index (κ1) is 18.0. The van der Waals surface area contributed by atoms with E-state index in [0.717, 1.165) is 6.42 Å². The second-order valence-electron chi connectivity index (χ2n) is 4.55. The van der Waals surface area contributed by atoms with Gasteiger partial charge in [-0.2, -0.15) is 0 Å². The van der Waals surface area contributed by atoms with Gasteiger partial charge in [0.05, 0.1) is 4.88 Å². The molecule has 0 saturated heterocycles. The lowest BCUT2D eigenvalue weighted by atomic mass is 10.1. The first-order chi connectivity index (χ1) is 10.9. The average molecular weight is 369 g/mol. The maximum Gasteiger partial charge on any atom is 0.300 e. The van der Waals surface area contributed by atoms with E-state index in [9.17, 15) is 0 Å². The van der Waals surface area contributed by atoms with Gasteiger partial charge in [-0.05, 0) is 17.7 Å². The summed E-state index contributed by atoms with van der Waals surface area (Å²) in [5.41, 5.74) is 2.70. The molecule has 0 aliphatic rings. The fraction of sp³-hybridized carbons (Fsp3) is 0.0625. The molecule has 4 nitrogen and oxygen atoms in total. The van der Waals surface area contributed by atoms with E-state index >= 15 is 0 Å². The fourth-order valence-corrected chi connectivity index (χ4v) is 4.33. The van der Waals surface area contributed by atoms with Gasteiger partial charge in [0.15, 0.2) is 10.3 Å². The lowest BCUT2D eigenvalue weighted by Gasteiger charge is -2.17. The normalized spacial score (nSPS) is 10.8. The molecule has 0 unspecified atom stereocenters. The van der Waals surface area contributed by atoms with Crippen molar-refractivity contribution >= 4 is 20.7 Å². The van der Waals surface area contributed by atoms with Crippen LogP contribution >= 0.6 is 20.7 Å². The van der Waals surface area contributed by atoms with Gasteiger partial charge in [-0.25, -0.2) is 18.6 Å². The van der Waals surface area contributed by atoms with Gasteiger partial charge in [0.25, 0.3) is 4.88 Å². The van der Waals surface area contributed by atoms with Gasteiger partial charge < -0.3 is 0 Å². The van der Waals surface area contributed by atoms with E-state index in [1.807, 2.05) is 20.7 Å². The van der Waals surface area contributed by atoms with E-state index < -0.39 is 10.2 Å². The third-order valence-corrected chi connectivity index (χ3v) is 5.33. The largest absolute Gasteiger partial charge is 0.300 e. The van der Waals surface area contributed by atoms with Crippen molar-refractivity contribution in [2.45, 2.75) is 6.42 Å². The molecule has 1 aromatic heterocycles. The summed E-state index contributed by atoms with van der Waals surface area (Å²) in [7, 11) is -1.20. The Balaban J connectivity index is 0.000000338. The Labute approximate surface area is 143 Å². The molecule has 3 aromatic rings. The highest BCUT2D eigenvalue weighted by molar-refractivity contribution is 7.70. The highest BCUT2D eigenvalue weighted by Gasteiger charge is 2.15. The molecule has 0 aliphatic heterocycles. The Morgan fingerprint density at radius 2 is 1.35 bits per heavy atom. The lowest BCUT2D eigenvalue weighted by molar-refractivity contribution is -2.00. The van der Waals surface area contributed by atoms with Crippen LogP contribution in [0.25, 0.3) is 10.4 Å². The molecular weight excluding hydrogens is 356 g/mol. The van der Waals surface area contributed by atoms with E-state index in [-0.39, 0.29) is 0 Å². The van der Waals surface area contributed by atoms with Crippen molar-refractivity contribution in [1.29, 1.82) is 0 Å². The zero-order chi connectivity index (χ0) is 16.7. The lowest BCUT2D eigenvalue weighted by Crippen LogP contribution is -2.68. The van der Waals surface area contributed by atoms with Crippen LogP contribution in [0.2, 0.25) is 0 Å². The predicted octanol–water partition coefficient (Wildman–Crippen LogP) is 0.593. The molecule has 7 heteroatoms. The molecule has 1 heterocycles. The molecule has 0 aliphatic carbocycles. The summed E-state index contributed by atoms with van der Waals surface area (Å²) in [6, 6.07) is 23.6. The molecule has 120 valence electrons. The maximum atomic E-state index is 8.49. The Hall–Kier alpha value is -1.38. The summed E-state index contributed by atoms with van der Waals surface area (Å²) in [6.45, 7) is 0. The minimum absolute atomic E-state index is 1.04. The van der Waals surface area contributed by atoms with Crippen LogP contribution in [0.4, 0.5) is 0 Å². The van der Waals surface area contributed by atoms with Crippen molar-refractivity contribution in [3.63, 3.8) is 0 Å². The first-order valence-corrected chi connectivity index (χ1v) is 9.93. The number of rotatable bonds is 3. The van der Waals surface area contributed by atoms with Crippen molar-refractivity contribution in [1.82, 2.24) is 0 Å². The van der Waals surface area contributed by atoms with Gasteiger partial charge in [-0.15, -0.1) is 10.2 Å². The summed E-state index contributed by atoms with van der Waals surface area (Å²) < 4.78 is 34.0. The Morgan fingerprint density at radius 1 is 0.826 bits per heavy atom. The molecule has 0 radical (unpaired) electrons. The first-order valence-electron chi connectivity index (χ1n) is 6.55. The SMILES string of the molecule is [O-][Cl+3]([O-])([O-])[O-].c1ccc(Cc2cc(-c3ccccc3)[s+]s2)cc1. The van der Waals surface area contributed by atoms with E-state index in [1.165, 1.54) is 20.9 Å². The zero-order valence-corrected chi connectivity index (χ0v) is 14.3. The molecular formula is C16H13ClO4S2. The molecule has 0 N–H and O–H groups in total. The summed E-state index contributed by atoms with van der Waals surface area (Å²) in [6.07, 6.45) is 1.04. The van der Waals surface area contributed by atoms with Gasteiger partial charge >= 0.3 is 10.3 Å². The van der Waals surface area contributed by atoms with Gasteiger partial charge in [0, 0.05) is 18.1 Å². The summed E-state index contributed by atoms with van der Waals surface area (Å²) in [5.74, 6) is 0. The van der Waals surface area contributed by atoms with E-state index in [0.29, 0.717) is 0 Å². The smallest absolute Gasteiger partial charge is 0.222 e. The topological polar surface area (TPSA) is 92.2 Å². The minimum atomic E-state index is -4.94. The predicted molar refractivity (Wildman–Crippen MR) is 81.3 cm³/mol. The highest BCUT2D eigenvalue weighted by Crippen LogP contribution is 2.32. The van der Waals surface area contributed by atoms with Crippen LogP contribution in [-0.2, 0) is 6.42 Å². The molecule has 2 aromatic carbocycles. The average Bonchev–Trinajstić information content (AvgIpc) is 2.96. The Morgan fingerprint density at radius 3 is 1.91 bits per heavy atom. The summed E-state index contributed by atoms with van der Waals surface area (Å²) in [4.78, 5) is 2.80. The molecule has 3 rings (SSSR count). The number of benzene rings is 2. The monoisotopic (exact) mass is 368 g/mol. The molecule has 0 fully saturated rings. The van der Waals surface area contributed by atoms with Crippen molar-refractivity contribution in [2.75, 3.05) is 0 Å². The van der Waals surface area contributed by atoms with Gasteiger partial charge in [0.1, 0.15) is 0 Å². The van der Waals surface area contributed by atoms with Crippen molar-refractivity contribution < 1.29 is 28.9 Å². The quantitative estimate of drug-likeness (QED) is 0.499. The van der Waals surface area contributed by atoms with Crippen LogP contribution < -0.4 is 18.6 Å². The third kappa shape index (κ3) is 7.15. The second-order valence-corrected chi connectivity index (χ2v) is 7.60. The van der Waals surface area contributed by atoms with Gasteiger partial charge in [0.2, 0.25) is 0 Å². The third-order valence-electron chi connectivity index (χ3n) is 2.81. The zero-order valence-electron chi connectivity index (χ0n) is 11.9. The minimum Gasteiger partial charge on any atom is -0.222 e. The highest BCUT2D eigenvalue weighted by atomic mass is 35.7. The van der Waals surface area contributed by atoms with Gasteiger partial charge in [-0.3, -0.25) is 0 Å². The Bertz CT molecular complexity index is 706. The van der Waals surface area contributed by atoms with E-state index in [2.05, 4.69) is 66.7 Å². The molecule has 0 amide bonds. The molecule has 0 spiro atoms. The van der Waals surface area contributed by atoms with E-state index in [4.69, 9.17) is 18.6 Å². The van der Waals surface area contributed by atoms with Gasteiger partial charge in [-0.1, -0.05) is 48.5 Å². The molecule has 0 atom stereocenters. The van der Waals surface area contributed by atoms with Crippen LogP contribution in [-0.4, -0.2) is 0 Å². The standard InChI is InChI=1S/C16H13S2.ClHO4/c1-3-7-13(8-4-1)11-15-12-16(18-17-15)14-9-5-2-6-10-14;2-1(3,4)5/h1-10,12H,11H2;(H,2,3,4,5)/q+1;/p-1. The number of hydrogen-bond acceptors (Lipinski definition) is 5. The molecule has 23 heavy (non-hydrogen) atoms. The van der Waals surface area contributed by atoms with Crippen LogP contribution in [0.5, 0.6) is 0 Å². The summed E-state index contributed by atoms with van der Waals surface area (Å²) in [5, 5.41) is 0. The van der Waals surface area contributed by atoms with Crippen molar-refractivity contribution in [3.05, 3.63) is 77.2 Å². The molecule has 0 saturated carbocycles. The summed E-state index contributed by atoms with van der Waals surface area (Å²) >= 11 is 0. The number of halogens is 1.